The number of thiophene rings is 1. The Bertz CT molecular complexity index is 937. The average molecular weight is 442 g/mol. The maximum absolute atomic E-state index is 12.8. The van der Waals surface area contributed by atoms with Crippen molar-refractivity contribution in [3.63, 3.8) is 0 Å². The molecule has 1 saturated heterocycles. The molecule has 2 aromatic rings. The lowest BCUT2D eigenvalue weighted by molar-refractivity contribution is -0.163. The van der Waals surface area contributed by atoms with Gasteiger partial charge in [0.05, 0.1) is 5.92 Å². The summed E-state index contributed by atoms with van der Waals surface area (Å²) in [5, 5.41) is 4.92. The van der Waals surface area contributed by atoms with Crippen molar-refractivity contribution in [2.75, 3.05) is 25.0 Å². The minimum absolute atomic E-state index is 0.148. The van der Waals surface area contributed by atoms with Crippen LogP contribution in [0.2, 0.25) is 0 Å². The Labute approximate surface area is 186 Å². The number of carbonyl (C=O) groups is 3. The minimum Gasteiger partial charge on any atom is -0.452 e. The SMILES string of the molecule is CC(OC(=O)C1CCN(C(=O)Nc2ccccc2)CC1)C(=O)N1CCc2sccc2C1. The normalized spacial score (nSPS) is 17.6. The van der Waals surface area contributed by atoms with E-state index >= 15 is 0 Å². The number of fused-ring (bicyclic) bond motifs is 1. The standard InChI is InChI=1S/C23H27N3O4S/c1-16(21(27)26-13-9-20-18(15-26)10-14-31-20)30-22(28)17-7-11-25(12-8-17)23(29)24-19-5-3-2-4-6-19/h2-6,10,14,16-17H,7-9,11-13,15H2,1H3,(H,24,29). The Kier molecular flexibility index (Phi) is 6.56. The van der Waals surface area contributed by atoms with E-state index in [1.165, 1.54) is 10.4 Å². The first-order chi connectivity index (χ1) is 15.0. The smallest absolute Gasteiger partial charge is 0.321 e. The first-order valence-corrected chi connectivity index (χ1v) is 11.5. The third-order valence-corrected chi connectivity index (χ3v) is 6.92. The van der Waals surface area contributed by atoms with Crippen molar-refractivity contribution in [3.8, 4) is 0 Å². The van der Waals surface area contributed by atoms with Gasteiger partial charge in [0.15, 0.2) is 6.10 Å². The molecule has 8 heteroatoms. The fourth-order valence-corrected chi connectivity index (χ4v) is 4.95. The monoisotopic (exact) mass is 441 g/mol. The lowest BCUT2D eigenvalue weighted by Crippen LogP contribution is -2.45. The Morgan fingerprint density at radius 3 is 2.55 bits per heavy atom. The molecule has 0 radical (unpaired) electrons. The summed E-state index contributed by atoms with van der Waals surface area (Å²) in [5.74, 6) is -0.789. The Morgan fingerprint density at radius 1 is 1.06 bits per heavy atom. The molecule has 0 bridgehead atoms. The summed E-state index contributed by atoms with van der Waals surface area (Å²) in [4.78, 5) is 42.6. The van der Waals surface area contributed by atoms with Crippen LogP contribution in [0.25, 0.3) is 0 Å². The topological polar surface area (TPSA) is 79.0 Å². The van der Waals surface area contributed by atoms with E-state index < -0.39 is 6.10 Å². The van der Waals surface area contributed by atoms with Crippen LogP contribution in [-0.4, -0.2) is 53.4 Å². The third-order valence-electron chi connectivity index (χ3n) is 5.90. The maximum Gasteiger partial charge on any atom is 0.321 e. The second-order valence-corrected chi connectivity index (χ2v) is 9.02. The van der Waals surface area contributed by atoms with Crippen molar-refractivity contribution in [2.24, 2.45) is 5.92 Å². The molecule has 1 fully saturated rings. The number of hydrogen-bond acceptors (Lipinski definition) is 5. The van der Waals surface area contributed by atoms with Gasteiger partial charge in [0.2, 0.25) is 0 Å². The van der Waals surface area contributed by atoms with Gasteiger partial charge in [0.25, 0.3) is 5.91 Å². The molecule has 0 saturated carbocycles. The van der Waals surface area contributed by atoms with Crippen LogP contribution in [0.4, 0.5) is 10.5 Å². The number of hydrogen-bond donors (Lipinski definition) is 1. The van der Waals surface area contributed by atoms with Gasteiger partial charge in [-0.15, -0.1) is 11.3 Å². The number of benzene rings is 1. The molecule has 1 aromatic heterocycles. The third kappa shape index (κ3) is 5.07. The number of nitrogens with one attached hydrogen (secondary N) is 1. The van der Waals surface area contributed by atoms with Crippen LogP contribution < -0.4 is 5.32 Å². The molecule has 7 nitrogen and oxygen atoms in total. The van der Waals surface area contributed by atoms with Crippen LogP contribution in [0.1, 0.15) is 30.2 Å². The average Bonchev–Trinajstić information content (AvgIpc) is 3.27. The second-order valence-electron chi connectivity index (χ2n) is 8.02. The summed E-state index contributed by atoms with van der Waals surface area (Å²) < 4.78 is 5.52. The highest BCUT2D eigenvalue weighted by molar-refractivity contribution is 7.10. The number of nitrogens with zero attached hydrogens (tertiary/aromatic N) is 2. The van der Waals surface area contributed by atoms with Gasteiger partial charge in [-0.25, -0.2) is 4.79 Å². The maximum atomic E-state index is 12.8. The predicted octanol–water partition coefficient (Wildman–Crippen LogP) is 3.51. The Hall–Kier alpha value is -2.87. The zero-order valence-corrected chi connectivity index (χ0v) is 18.4. The highest BCUT2D eigenvalue weighted by Crippen LogP contribution is 2.25. The number of para-hydroxylation sites is 1. The zero-order valence-electron chi connectivity index (χ0n) is 17.6. The van der Waals surface area contributed by atoms with E-state index in [2.05, 4.69) is 16.8 Å². The van der Waals surface area contributed by atoms with Crippen LogP contribution in [0.3, 0.4) is 0 Å². The number of likely N-dealkylation sites (tertiary alicyclic amines) is 1. The Morgan fingerprint density at radius 2 is 1.81 bits per heavy atom. The van der Waals surface area contributed by atoms with E-state index in [1.807, 2.05) is 30.3 Å². The second kappa shape index (κ2) is 9.51. The molecule has 164 valence electrons. The number of rotatable bonds is 4. The van der Waals surface area contributed by atoms with E-state index in [4.69, 9.17) is 4.74 Å². The summed E-state index contributed by atoms with van der Waals surface area (Å²) >= 11 is 1.72. The van der Waals surface area contributed by atoms with Gasteiger partial charge in [-0.3, -0.25) is 9.59 Å². The molecule has 4 rings (SSSR count). The first kappa shape index (κ1) is 21.4. The van der Waals surface area contributed by atoms with Gasteiger partial charge in [0.1, 0.15) is 0 Å². The molecule has 31 heavy (non-hydrogen) atoms. The van der Waals surface area contributed by atoms with Crippen molar-refractivity contribution in [3.05, 3.63) is 52.2 Å². The number of carbonyl (C=O) groups excluding carboxylic acids is 3. The highest BCUT2D eigenvalue weighted by Gasteiger charge is 2.32. The molecule has 2 aliphatic rings. The van der Waals surface area contributed by atoms with Crippen molar-refractivity contribution < 1.29 is 19.1 Å². The van der Waals surface area contributed by atoms with Gasteiger partial charge in [-0.05, 0) is 55.3 Å². The number of amides is 3. The summed E-state index contributed by atoms with van der Waals surface area (Å²) in [7, 11) is 0. The summed E-state index contributed by atoms with van der Waals surface area (Å²) in [5.41, 5.74) is 1.93. The number of ether oxygens (including phenoxy) is 1. The first-order valence-electron chi connectivity index (χ1n) is 10.7. The van der Waals surface area contributed by atoms with Gasteiger partial charge >= 0.3 is 12.0 Å². The molecule has 0 spiro atoms. The predicted molar refractivity (Wildman–Crippen MR) is 119 cm³/mol. The zero-order chi connectivity index (χ0) is 21.8. The largest absolute Gasteiger partial charge is 0.452 e. The highest BCUT2D eigenvalue weighted by atomic mass is 32.1. The van der Waals surface area contributed by atoms with E-state index in [1.54, 1.807) is 28.1 Å². The molecular formula is C23H27N3O4S. The van der Waals surface area contributed by atoms with Gasteiger partial charge in [0, 0.05) is 36.7 Å². The number of esters is 1. The molecular weight excluding hydrogens is 414 g/mol. The molecule has 1 atom stereocenters. The quantitative estimate of drug-likeness (QED) is 0.737. The molecule has 3 amide bonds. The molecule has 1 N–H and O–H groups in total. The lowest BCUT2D eigenvalue weighted by Gasteiger charge is -2.32. The van der Waals surface area contributed by atoms with E-state index in [0.717, 1.165) is 12.1 Å². The summed E-state index contributed by atoms with van der Waals surface area (Å²) in [6, 6.07) is 11.2. The van der Waals surface area contributed by atoms with Crippen molar-refractivity contribution in [2.45, 2.75) is 38.8 Å². The van der Waals surface area contributed by atoms with Crippen LogP contribution in [0.15, 0.2) is 41.8 Å². The fourth-order valence-electron chi connectivity index (χ4n) is 4.06. The number of piperidine rings is 1. The summed E-state index contributed by atoms with van der Waals surface area (Å²) in [6.07, 6.45) is 1.11. The molecule has 1 aromatic carbocycles. The Balaban J connectivity index is 1.23. The number of urea groups is 1. The molecule has 0 aliphatic carbocycles. The molecule has 2 aliphatic heterocycles. The lowest BCUT2D eigenvalue weighted by atomic mass is 9.97. The van der Waals surface area contributed by atoms with Crippen molar-refractivity contribution in [1.82, 2.24) is 9.80 Å². The molecule has 3 heterocycles. The minimum atomic E-state index is -0.799. The van der Waals surface area contributed by atoms with E-state index in [0.29, 0.717) is 39.0 Å². The van der Waals surface area contributed by atoms with Crippen molar-refractivity contribution >= 4 is 34.9 Å². The van der Waals surface area contributed by atoms with Gasteiger partial charge in [-0.1, -0.05) is 18.2 Å². The molecule has 1 unspecified atom stereocenters. The van der Waals surface area contributed by atoms with Gasteiger partial charge in [-0.2, -0.15) is 0 Å². The van der Waals surface area contributed by atoms with Crippen LogP contribution in [0, 0.1) is 5.92 Å². The fraction of sp³-hybridized carbons (Fsp3) is 0.435. The van der Waals surface area contributed by atoms with Crippen LogP contribution in [0.5, 0.6) is 0 Å². The van der Waals surface area contributed by atoms with Gasteiger partial charge < -0.3 is 19.9 Å². The van der Waals surface area contributed by atoms with Crippen LogP contribution >= 0.6 is 11.3 Å². The van der Waals surface area contributed by atoms with E-state index in [-0.39, 0.29) is 23.8 Å². The summed E-state index contributed by atoms with van der Waals surface area (Å²) in [6.45, 7) is 3.84. The number of anilines is 1. The van der Waals surface area contributed by atoms with Crippen LogP contribution in [-0.2, 0) is 27.3 Å². The van der Waals surface area contributed by atoms with Crippen molar-refractivity contribution in [1.29, 1.82) is 0 Å². The van der Waals surface area contributed by atoms with E-state index in [9.17, 15) is 14.4 Å².